The van der Waals surface area contributed by atoms with E-state index in [1.807, 2.05) is 24.3 Å². The molecule has 0 amide bonds. The van der Waals surface area contributed by atoms with Crippen molar-refractivity contribution in [2.75, 3.05) is 0 Å². The molecule has 0 saturated carbocycles. The van der Waals surface area contributed by atoms with Gasteiger partial charge in [0.2, 0.25) is 0 Å². The van der Waals surface area contributed by atoms with Crippen LogP contribution in [0, 0.1) is 13.8 Å². The van der Waals surface area contributed by atoms with E-state index in [1.165, 1.54) is 16.7 Å². The van der Waals surface area contributed by atoms with Gasteiger partial charge in [-0.3, -0.25) is 0 Å². The van der Waals surface area contributed by atoms with E-state index in [1.54, 1.807) is 0 Å². The zero-order chi connectivity index (χ0) is 14.3. The molecule has 0 saturated heterocycles. The zero-order valence-corrected chi connectivity index (χ0v) is 12.1. The number of hydrogen-bond donors (Lipinski definition) is 2. The monoisotopic (exact) mass is 267 g/mol. The number of hydrogen-bond acceptors (Lipinski definition) is 2. The molecule has 0 fully saturated rings. The van der Waals surface area contributed by atoms with Crippen molar-refractivity contribution in [2.24, 2.45) is 5.73 Å². The second-order valence-corrected chi connectivity index (χ2v) is 5.98. The molecule has 3 N–H and O–H groups in total. The lowest BCUT2D eigenvalue weighted by atomic mass is 9.85. The lowest BCUT2D eigenvalue weighted by molar-refractivity contribution is 0.0339. The summed E-state index contributed by atoms with van der Waals surface area (Å²) in [6.07, 6.45) is 1.23. The third-order valence-electron chi connectivity index (χ3n) is 4.53. The Kier molecular flexibility index (Phi) is 3.15. The first-order valence-electron chi connectivity index (χ1n) is 7.14. The molecule has 0 aliphatic heterocycles. The van der Waals surface area contributed by atoms with Crippen LogP contribution in [0.2, 0.25) is 0 Å². The zero-order valence-electron chi connectivity index (χ0n) is 12.1. The van der Waals surface area contributed by atoms with Crippen molar-refractivity contribution in [2.45, 2.75) is 38.3 Å². The molecule has 3 rings (SSSR count). The molecular weight excluding hydrogens is 246 g/mol. The number of rotatable bonds is 2. The maximum atomic E-state index is 11.1. The van der Waals surface area contributed by atoms with Gasteiger partial charge in [0.1, 0.15) is 0 Å². The molecule has 1 aliphatic carbocycles. The van der Waals surface area contributed by atoms with Crippen LogP contribution in [0.15, 0.2) is 42.5 Å². The number of aryl methyl sites for hydroxylation is 2. The van der Waals surface area contributed by atoms with Gasteiger partial charge in [0.25, 0.3) is 0 Å². The normalized spacial score (nSPS) is 24.7. The van der Waals surface area contributed by atoms with Crippen LogP contribution in [-0.2, 0) is 12.0 Å². The highest BCUT2D eigenvalue weighted by Crippen LogP contribution is 2.44. The average molecular weight is 267 g/mol. The van der Waals surface area contributed by atoms with Crippen LogP contribution in [0.25, 0.3) is 0 Å². The number of nitrogens with two attached hydrogens (primary N) is 1. The lowest BCUT2D eigenvalue weighted by Gasteiger charge is -2.26. The van der Waals surface area contributed by atoms with Crippen LogP contribution in [0.1, 0.15) is 40.3 Å². The molecule has 2 atom stereocenters. The average Bonchev–Trinajstić information content (AvgIpc) is 2.67. The Balaban J connectivity index is 2.03. The molecule has 2 aromatic carbocycles. The van der Waals surface area contributed by atoms with E-state index in [2.05, 4.69) is 32.0 Å². The second-order valence-electron chi connectivity index (χ2n) is 5.98. The van der Waals surface area contributed by atoms with E-state index < -0.39 is 5.60 Å². The summed E-state index contributed by atoms with van der Waals surface area (Å²) < 4.78 is 0. The molecule has 0 aromatic heterocycles. The van der Waals surface area contributed by atoms with Gasteiger partial charge in [0, 0.05) is 12.5 Å². The summed E-state index contributed by atoms with van der Waals surface area (Å²) in [6, 6.07) is 14.2. The van der Waals surface area contributed by atoms with Crippen LogP contribution in [0.4, 0.5) is 0 Å². The summed E-state index contributed by atoms with van der Waals surface area (Å²) in [4.78, 5) is 0. The van der Waals surface area contributed by atoms with Gasteiger partial charge in [-0.25, -0.2) is 0 Å². The van der Waals surface area contributed by atoms with Crippen molar-refractivity contribution in [1.29, 1.82) is 0 Å². The first kappa shape index (κ1) is 13.3. The molecule has 2 unspecified atom stereocenters. The summed E-state index contributed by atoms with van der Waals surface area (Å²) in [5.41, 5.74) is 11.1. The third kappa shape index (κ3) is 2.05. The van der Waals surface area contributed by atoms with Crippen molar-refractivity contribution in [3.8, 4) is 0 Å². The Labute approximate surface area is 120 Å². The molecule has 20 heavy (non-hydrogen) atoms. The van der Waals surface area contributed by atoms with Crippen LogP contribution in [0.5, 0.6) is 0 Å². The topological polar surface area (TPSA) is 46.2 Å². The number of benzene rings is 2. The van der Waals surface area contributed by atoms with Gasteiger partial charge in [-0.2, -0.15) is 0 Å². The fourth-order valence-corrected chi connectivity index (χ4v) is 3.42. The maximum Gasteiger partial charge on any atom is 0.0958 e. The van der Waals surface area contributed by atoms with E-state index in [4.69, 9.17) is 5.73 Å². The Morgan fingerprint density at radius 1 is 1.10 bits per heavy atom. The summed E-state index contributed by atoms with van der Waals surface area (Å²) in [7, 11) is 0. The predicted octanol–water partition coefficient (Wildman–Crippen LogP) is 3.14. The highest BCUT2D eigenvalue weighted by molar-refractivity contribution is 5.43. The summed E-state index contributed by atoms with van der Waals surface area (Å²) in [6.45, 7) is 4.21. The van der Waals surface area contributed by atoms with Crippen LogP contribution < -0.4 is 5.73 Å². The van der Waals surface area contributed by atoms with Crippen molar-refractivity contribution in [1.82, 2.24) is 0 Å². The molecule has 2 aromatic rings. The summed E-state index contributed by atoms with van der Waals surface area (Å²) in [5.74, 6) is 0. The maximum absolute atomic E-state index is 11.1. The number of aliphatic hydroxyl groups is 1. The minimum atomic E-state index is -0.840. The molecule has 0 bridgehead atoms. The van der Waals surface area contributed by atoms with E-state index in [0.29, 0.717) is 12.8 Å². The second kappa shape index (κ2) is 4.72. The fraction of sp³-hybridized carbons (Fsp3) is 0.333. The van der Waals surface area contributed by atoms with Crippen molar-refractivity contribution < 1.29 is 5.11 Å². The Bertz CT molecular complexity index is 629. The Morgan fingerprint density at radius 2 is 1.75 bits per heavy atom. The Hall–Kier alpha value is -1.64. The minimum absolute atomic E-state index is 0.0690. The van der Waals surface area contributed by atoms with Crippen LogP contribution >= 0.6 is 0 Å². The molecule has 0 heterocycles. The van der Waals surface area contributed by atoms with Gasteiger partial charge in [-0.15, -0.1) is 0 Å². The molecular formula is C18H21NO. The van der Waals surface area contributed by atoms with Crippen molar-refractivity contribution in [3.05, 3.63) is 70.3 Å². The van der Waals surface area contributed by atoms with E-state index in [9.17, 15) is 5.11 Å². The highest BCUT2D eigenvalue weighted by Gasteiger charge is 2.41. The smallest absolute Gasteiger partial charge is 0.0958 e. The quantitative estimate of drug-likeness (QED) is 0.878. The minimum Gasteiger partial charge on any atom is -0.385 e. The highest BCUT2D eigenvalue weighted by atomic mass is 16.3. The van der Waals surface area contributed by atoms with E-state index in [0.717, 1.165) is 11.1 Å². The first-order chi connectivity index (χ1) is 9.51. The summed E-state index contributed by atoms with van der Waals surface area (Å²) in [5, 5.41) is 11.1. The van der Waals surface area contributed by atoms with E-state index in [-0.39, 0.29) is 6.04 Å². The molecule has 0 spiro atoms. The van der Waals surface area contributed by atoms with Gasteiger partial charge >= 0.3 is 0 Å². The Morgan fingerprint density at radius 3 is 2.45 bits per heavy atom. The lowest BCUT2D eigenvalue weighted by Crippen LogP contribution is -2.27. The molecule has 0 radical (unpaired) electrons. The first-order valence-corrected chi connectivity index (χ1v) is 7.14. The van der Waals surface area contributed by atoms with Gasteiger partial charge in [-0.1, -0.05) is 42.5 Å². The molecule has 2 nitrogen and oxygen atoms in total. The van der Waals surface area contributed by atoms with Crippen molar-refractivity contribution >= 4 is 0 Å². The van der Waals surface area contributed by atoms with E-state index >= 15 is 0 Å². The van der Waals surface area contributed by atoms with Crippen molar-refractivity contribution in [3.63, 3.8) is 0 Å². The fourth-order valence-electron chi connectivity index (χ4n) is 3.42. The predicted molar refractivity (Wildman–Crippen MR) is 81.5 cm³/mol. The van der Waals surface area contributed by atoms with Crippen LogP contribution in [-0.4, -0.2) is 5.11 Å². The summed E-state index contributed by atoms with van der Waals surface area (Å²) >= 11 is 0. The molecule has 2 heteroatoms. The number of fused-ring (bicyclic) bond motifs is 1. The van der Waals surface area contributed by atoms with Gasteiger partial charge < -0.3 is 10.8 Å². The largest absolute Gasteiger partial charge is 0.385 e. The molecule has 1 aliphatic rings. The van der Waals surface area contributed by atoms with Gasteiger partial charge in [0.15, 0.2) is 0 Å². The van der Waals surface area contributed by atoms with Gasteiger partial charge in [-0.05, 0) is 48.1 Å². The molecule has 104 valence electrons. The third-order valence-corrected chi connectivity index (χ3v) is 4.53. The SMILES string of the molecule is Cc1cccc(C)c1CC1(O)CC(N)c2ccccc21. The van der Waals surface area contributed by atoms with Crippen LogP contribution in [0.3, 0.4) is 0 Å². The van der Waals surface area contributed by atoms with Gasteiger partial charge in [0.05, 0.1) is 5.60 Å². The standard InChI is InChI=1S/C18H21NO/c1-12-6-5-7-13(2)15(12)10-18(20)11-17(19)14-8-3-4-9-16(14)18/h3-9,17,20H,10-11,19H2,1-2H3.